The van der Waals surface area contributed by atoms with Gasteiger partial charge in [0.1, 0.15) is 6.54 Å². The average molecular weight is 255 g/mol. The number of benzene rings is 1. The van der Waals surface area contributed by atoms with E-state index in [1.807, 2.05) is 35.9 Å². The first kappa shape index (κ1) is 11.6. The predicted octanol–water partition coefficient (Wildman–Crippen LogP) is 2.45. The van der Waals surface area contributed by atoms with Crippen LogP contribution in [-0.2, 0) is 13.0 Å². The minimum Gasteiger partial charge on any atom is -0.337 e. The number of nitrogens with zero attached hydrogens (tertiary/aromatic N) is 3. The summed E-state index contributed by atoms with van der Waals surface area (Å²) in [5.74, 6) is 1.25. The highest BCUT2D eigenvalue weighted by atomic mass is 16.5. The molecule has 0 aliphatic heterocycles. The summed E-state index contributed by atoms with van der Waals surface area (Å²) < 4.78 is 7.13. The number of carbonyl (C=O) groups is 1. The third kappa shape index (κ3) is 2.03. The van der Waals surface area contributed by atoms with Crippen LogP contribution in [0.25, 0.3) is 10.9 Å². The summed E-state index contributed by atoms with van der Waals surface area (Å²) in [6.07, 6.45) is 3.53. The zero-order valence-electron chi connectivity index (χ0n) is 10.5. The Morgan fingerprint density at radius 3 is 3.00 bits per heavy atom. The molecule has 0 unspecified atom stereocenters. The van der Waals surface area contributed by atoms with Gasteiger partial charge in [-0.25, -0.2) is 0 Å². The van der Waals surface area contributed by atoms with Crippen LogP contribution in [0.4, 0.5) is 0 Å². The number of aryl methyl sites for hydroxylation is 1. The lowest BCUT2D eigenvalue weighted by Crippen LogP contribution is -2.00. The van der Waals surface area contributed by atoms with E-state index in [1.54, 1.807) is 6.07 Å². The quantitative estimate of drug-likeness (QED) is 0.672. The van der Waals surface area contributed by atoms with E-state index in [0.29, 0.717) is 23.8 Å². The molecule has 0 aliphatic rings. The molecule has 3 rings (SSSR count). The van der Waals surface area contributed by atoms with E-state index in [9.17, 15) is 4.79 Å². The molecule has 0 amide bonds. The first-order valence-corrected chi connectivity index (χ1v) is 6.16. The topological polar surface area (TPSA) is 60.9 Å². The molecule has 2 heterocycles. The van der Waals surface area contributed by atoms with Crippen LogP contribution in [0.2, 0.25) is 0 Å². The smallest absolute Gasteiger partial charge is 0.246 e. The third-order valence-electron chi connectivity index (χ3n) is 3.08. The van der Waals surface area contributed by atoms with E-state index in [1.165, 1.54) is 0 Å². The van der Waals surface area contributed by atoms with Crippen molar-refractivity contribution in [1.29, 1.82) is 0 Å². The first-order valence-electron chi connectivity index (χ1n) is 6.16. The van der Waals surface area contributed by atoms with Crippen LogP contribution in [0.3, 0.4) is 0 Å². The first-order chi connectivity index (χ1) is 9.31. The van der Waals surface area contributed by atoms with Gasteiger partial charge in [0.2, 0.25) is 5.89 Å². The van der Waals surface area contributed by atoms with E-state index < -0.39 is 0 Å². The summed E-state index contributed by atoms with van der Waals surface area (Å²) in [7, 11) is 0. The fourth-order valence-corrected chi connectivity index (χ4v) is 2.16. The number of aldehydes is 1. The van der Waals surface area contributed by atoms with Crippen LogP contribution < -0.4 is 0 Å². The number of aromatic nitrogens is 3. The maximum Gasteiger partial charge on any atom is 0.246 e. The summed E-state index contributed by atoms with van der Waals surface area (Å²) in [5.41, 5.74) is 1.56. The Kier molecular flexibility index (Phi) is 2.87. The van der Waals surface area contributed by atoms with E-state index >= 15 is 0 Å². The summed E-state index contributed by atoms with van der Waals surface area (Å²) in [6.45, 7) is 2.45. The Labute approximate surface area is 109 Å². The van der Waals surface area contributed by atoms with Crippen molar-refractivity contribution in [2.45, 2.75) is 19.9 Å². The van der Waals surface area contributed by atoms with E-state index in [4.69, 9.17) is 4.52 Å². The van der Waals surface area contributed by atoms with Gasteiger partial charge in [0.05, 0.1) is 5.52 Å². The third-order valence-corrected chi connectivity index (χ3v) is 3.08. The average Bonchev–Trinajstić information content (AvgIpc) is 3.06. The molecule has 0 radical (unpaired) electrons. The molecular weight excluding hydrogens is 242 g/mol. The normalized spacial score (nSPS) is 11.0. The predicted molar refractivity (Wildman–Crippen MR) is 70.1 cm³/mol. The maximum atomic E-state index is 11.1. The molecule has 0 saturated carbocycles. The van der Waals surface area contributed by atoms with Gasteiger partial charge in [-0.05, 0) is 12.1 Å². The van der Waals surface area contributed by atoms with Gasteiger partial charge in [-0.1, -0.05) is 24.2 Å². The molecule has 19 heavy (non-hydrogen) atoms. The Hall–Kier alpha value is -2.43. The van der Waals surface area contributed by atoms with Crippen LogP contribution in [0, 0.1) is 0 Å². The lowest BCUT2D eigenvalue weighted by molar-refractivity contribution is 0.112. The highest BCUT2D eigenvalue weighted by Crippen LogP contribution is 2.20. The second-order valence-corrected chi connectivity index (χ2v) is 4.30. The fraction of sp³-hybridized carbons (Fsp3) is 0.214. The number of rotatable bonds is 4. The molecule has 2 aromatic heterocycles. The van der Waals surface area contributed by atoms with Crippen molar-refractivity contribution in [3.8, 4) is 0 Å². The van der Waals surface area contributed by atoms with Gasteiger partial charge in [-0.3, -0.25) is 4.79 Å². The van der Waals surface area contributed by atoms with Crippen LogP contribution in [0.5, 0.6) is 0 Å². The zero-order valence-corrected chi connectivity index (χ0v) is 10.5. The molecule has 96 valence electrons. The van der Waals surface area contributed by atoms with Crippen molar-refractivity contribution in [1.82, 2.24) is 14.7 Å². The Bertz CT molecular complexity index is 727. The molecule has 1 aromatic carbocycles. The summed E-state index contributed by atoms with van der Waals surface area (Å²) in [6, 6.07) is 7.62. The number of hydrogen-bond acceptors (Lipinski definition) is 4. The lowest BCUT2D eigenvalue weighted by atomic mass is 10.1. The van der Waals surface area contributed by atoms with Gasteiger partial charge >= 0.3 is 0 Å². The van der Waals surface area contributed by atoms with E-state index in [0.717, 1.165) is 23.6 Å². The Morgan fingerprint density at radius 1 is 1.37 bits per heavy atom. The fourth-order valence-electron chi connectivity index (χ4n) is 2.16. The van der Waals surface area contributed by atoms with Gasteiger partial charge in [0.25, 0.3) is 0 Å². The SMILES string of the molecule is CCc1noc(Cn2ccc3cccc(C=O)c32)n1. The summed E-state index contributed by atoms with van der Waals surface area (Å²) in [4.78, 5) is 15.4. The molecule has 0 N–H and O–H groups in total. The van der Waals surface area contributed by atoms with Gasteiger partial charge in [-0.15, -0.1) is 0 Å². The monoisotopic (exact) mass is 255 g/mol. The number of fused-ring (bicyclic) bond motifs is 1. The van der Waals surface area contributed by atoms with E-state index in [2.05, 4.69) is 10.1 Å². The molecule has 5 heteroatoms. The molecule has 0 atom stereocenters. The van der Waals surface area contributed by atoms with Gasteiger partial charge in [0.15, 0.2) is 12.1 Å². The van der Waals surface area contributed by atoms with Crippen molar-refractivity contribution in [3.63, 3.8) is 0 Å². The Balaban J connectivity index is 2.03. The minimum atomic E-state index is 0.474. The molecule has 0 bridgehead atoms. The van der Waals surface area contributed by atoms with Crippen molar-refractivity contribution in [2.24, 2.45) is 0 Å². The van der Waals surface area contributed by atoms with Crippen molar-refractivity contribution >= 4 is 17.2 Å². The molecule has 0 aliphatic carbocycles. The molecule has 0 saturated heterocycles. The summed E-state index contributed by atoms with van der Waals surface area (Å²) >= 11 is 0. The van der Waals surface area contributed by atoms with Gasteiger partial charge in [0, 0.05) is 23.6 Å². The lowest BCUT2D eigenvalue weighted by Gasteiger charge is -2.03. The second-order valence-electron chi connectivity index (χ2n) is 4.30. The van der Waals surface area contributed by atoms with Gasteiger partial charge < -0.3 is 9.09 Å². The maximum absolute atomic E-state index is 11.1. The molecule has 5 nitrogen and oxygen atoms in total. The van der Waals surface area contributed by atoms with E-state index in [-0.39, 0.29) is 0 Å². The number of carbonyl (C=O) groups excluding carboxylic acids is 1. The molecule has 3 aromatic rings. The van der Waals surface area contributed by atoms with Crippen LogP contribution in [0.1, 0.15) is 29.0 Å². The molecule has 0 fully saturated rings. The second kappa shape index (κ2) is 4.68. The minimum absolute atomic E-state index is 0.474. The Morgan fingerprint density at radius 2 is 2.26 bits per heavy atom. The van der Waals surface area contributed by atoms with Gasteiger partial charge in [-0.2, -0.15) is 4.98 Å². The van der Waals surface area contributed by atoms with Crippen LogP contribution in [-0.4, -0.2) is 21.0 Å². The number of para-hydroxylation sites is 1. The zero-order chi connectivity index (χ0) is 13.2. The van der Waals surface area contributed by atoms with Crippen molar-refractivity contribution in [3.05, 3.63) is 47.7 Å². The van der Waals surface area contributed by atoms with Crippen molar-refractivity contribution < 1.29 is 9.32 Å². The van der Waals surface area contributed by atoms with Crippen molar-refractivity contribution in [2.75, 3.05) is 0 Å². The largest absolute Gasteiger partial charge is 0.337 e. The standard InChI is InChI=1S/C14H13N3O2/c1-2-12-15-13(19-16-12)8-17-7-6-10-4-3-5-11(9-18)14(10)17/h3-7,9H,2,8H2,1H3. The molecule has 0 spiro atoms. The van der Waals surface area contributed by atoms with Crippen LogP contribution >= 0.6 is 0 Å². The number of hydrogen-bond donors (Lipinski definition) is 0. The summed E-state index contributed by atoms with van der Waals surface area (Å²) in [5, 5.41) is 4.90. The van der Waals surface area contributed by atoms with Crippen LogP contribution in [0.15, 0.2) is 35.0 Å². The highest BCUT2D eigenvalue weighted by molar-refractivity contribution is 5.96. The highest BCUT2D eigenvalue weighted by Gasteiger charge is 2.10. The molecular formula is C14H13N3O2.